The van der Waals surface area contributed by atoms with E-state index in [2.05, 4.69) is 9.71 Å². The summed E-state index contributed by atoms with van der Waals surface area (Å²) in [6, 6.07) is 8.63. The Morgan fingerprint density at radius 2 is 2.15 bits per heavy atom. The Morgan fingerprint density at radius 3 is 2.80 bits per heavy atom. The molecule has 1 aromatic carbocycles. The summed E-state index contributed by atoms with van der Waals surface area (Å²) in [5.74, 6) is 0. The molecule has 0 aliphatic carbocycles. The lowest BCUT2D eigenvalue weighted by atomic mass is 10.0. The van der Waals surface area contributed by atoms with Gasteiger partial charge < -0.3 is 0 Å². The predicted octanol–water partition coefficient (Wildman–Crippen LogP) is 2.21. The lowest BCUT2D eigenvalue weighted by molar-refractivity contribution is 0.495. The van der Waals surface area contributed by atoms with Crippen molar-refractivity contribution < 1.29 is 8.42 Å². The first-order chi connectivity index (χ1) is 9.42. The highest BCUT2D eigenvalue weighted by Gasteiger charge is 2.29. The molecule has 0 spiro atoms. The highest BCUT2D eigenvalue weighted by Crippen LogP contribution is 2.23. The molecule has 1 heterocycles. The molecule has 5 nitrogen and oxygen atoms in total. The Morgan fingerprint density at radius 1 is 1.40 bits per heavy atom. The number of hydrogen-bond acceptors (Lipinski definition) is 4. The maximum atomic E-state index is 12.5. The van der Waals surface area contributed by atoms with Gasteiger partial charge in [0.2, 0.25) is 10.0 Å². The third-order valence-corrected chi connectivity index (χ3v) is 4.90. The molecule has 2 rings (SSSR count). The van der Waals surface area contributed by atoms with Crippen LogP contribution in [0.15, 0.2) is 41.6 Å². The number of aromatic nitrogens is 1. The second-order valence-corrected chi connectivity index (χ2v) is 6.41. The highest BCUT2D eigenvalue weighted by atomic mass is 32.2. The van der Waals surface area contributed by atoms with Gasteiger partial charge in [-0.3, -0.25) is 4.98 Å². The van der Waals surface area contributed by atoms with E-state index in [4.69, 9.17) is 5.26 Å². The zero-order valence-corrected chi connectivity index (χ0v) is 12.1. The summed E-state index contributed by atoms with van der Waals surface area (Å²) in [7, 11) is -3.77. The molecule has 0 aliphatic heterocycles. The minimum absolute atomic E-state index is 0.160. The topological polar surface area (TPSA) is 82.9 Å². The molecule has 2 aromatic rings. The molecule has 1 aromatic heterocycles. The zero-order chi connectivity index (χ0) is 14.8. The van der Waals surface area contributed by atoms with Gasteiger partial charge in [-0.1, -0.05) is 19.1 Å². The van der Waals surface area contributed by atoms with E-state index < -0.39 is 15.6 Å². The molecule has 0 fully saturated rings. The number of nitrogens with zero attached hydrogens (tertiary/aromatic N) is 2. The van der Waals surface area contributed by atoms with Crippen molar-refractivity contribution in [2.24, 2.45) is 0 Å². The number of fused-ring (bicyclic) bond motifs is 1. The van der Waals surface area contributed by atoms with Crippen LogP contribution in [-0.4, -0.2) is 18.9 Å². The summed E-state index contributed by atoms with van der Waals surface area (Å²) in [5.41, 5.74) is -1.12. The number of benzene rings is 1. The van der Waals surface area contributed by atoms with Crippen LogP contribution >= 0.6 is 0 Å². The van der Waals surface area contributed by atoms with Gasteiger partial charge >= 0.3 is 0 Å². The average Bonchev–Trinajstić information content (AvgIpc) is 2.46. The van der Waals surface area contributed by atoms with Crippen molar-refractivity contribution in [3.63, 3.8) is 0 Å². The van der Waals surface area contributed by atoms with Crippen LogP contribution in [0.1, 0.15) is 20.3 Å². The molecule has 0 saturated carbocycles. The predicted molar refractivity (Wildman–Crippen MR) is 76.4 cm³/mol. The largest absolute Gasteiger partial charge is 0.264 e. The minimum atomic E-state index is -3.77. The summed E-state index contributed by atoms with van der Waals surface area (Å²) in [6.07, 6.45) is 3.54. The number of nitriles is 1. The van der Waals surface area contributed by atoms with Crippen LogP contribution in [0.4, 0.5) is 0 Å². The molecule has 0 aliphatic rings. The smallest absolute Gasteiger partial charge is 0.242 e. The van der Waals surface area contributed by atoms with E-state index in [-0.39, 0.29) is 4.90 Å². The van der Waals surface area contributed by atoms with E-state index in [1.807, 2.05) is 6.07 Å². The first kappa shape index (κ1) is 14.4. The standard InChI is InChI=1S/C14H15N3O2S/c1-3-14(2,10-15)17-20(18,19)13-6-4-5-11-9-16-8-7-12(11)13/h4-9,17H,3H2,1-2H3. The summed E-state index contributed by atoms with van der Waals surface area (Å²) < 4.78 is 27.5. The molecular formula is C14H15N3O2S. The molecule has 1 N–H and O–H groups in total. The fraction of sp³-hybridized carbons (Fsp3) is 0.286. The Hall–Kier alpha value is -1.97. The summed E-state index contributed by atoms with van der Waals surface area (Å²) in [4.78, 5) is 4.13. The maximum absolute atomic E-state index is 12.5. The number of hydrogen-bond donors (Lipinski definition) is 1. The average molecular weight is 289 g/mol. The molecule has 0 amide bonds. The lowest BCUT2D eigenvalue weighted by Gasteiger charge is -2.21. The van der Waals surface area contributed by atoms with Gasteiger partial charge in [-0.05, 0) is 25.5 Å². The van der Waals surface area contributed by atoms with Crippen molar-refractivity contribution in [2.45, 2.75) is 30.7 Å². The van der Waals surface area contributed by atoms with Gasteiger partial charge in [-0.2, -0.15) is 9.98 Å². The van der Waals surface area contributed by atoms with E-state index in [1.165, 1.54) is 6.07 Å². The van der Waals surface area contributed by atoms with Crippen molar-refractivity contribution in [3.05, 3.63) is 36.7 Å². The van der Waals surface area contributed by atoms with Crippen LogP contribution in [0.25, 0.3) is 10.8 Å². The Bertz CT molecular complexity index is 775. The number of rotatable bonds is 4. The normalized spacial score (nSPS) is 14.7. The quantitative estimate of drug-likeness (QED) is 0.935. The first-order valence-corrected chi connectivity index (χ1v) is 7.68. The fourth-order valence-electron chi connectivity index (χ4n) is 1.85. The Kier molecular flexibility index (Phi) is 3.75. The molecule has 1 unspecified atom stereocenters. The van der Waals surface area contributed by atoms with Gasteiger partial charge in [0.15, 0.2) is 0 Å². The number of pyridine rings is 1. The van der Waals surface area contributed by atoms with Crippen molar-refractivity contribution in [1.29, 1.82) is 5.26 Å². The Labute approximate surface area is 118 Å². The van der Waals surface area contributed by atoms with E-state index in [1.54, 1.807) is 44.4 Å². The van der Waals surface area contributed by atoms with Crippen LogP contribution in [-0.2, 0) is 10.0 Å². The maximum Gasteiger partial charge on any atom is 0.242 e. The van der Waals surface area contributed by atoms with E-state index >= 15 is 0 Å². The van der Waals surface area contributed by atoms with Crippen LogP contribution in [0.3, 0.4) is 0 Å². The molecule has 1 atom stereocenters. The van der Waals surface area contributed by atoms with Crippen LogP contribution in [0, 0.1) is 11.3 Å². The highest BCUT2D eigenvalue weighted by molar-refractivity contribution is 7.89. The third kappa shape index (κ3) is 2.64. The van der Waals surface area contributed by atoms with Crippen molar-refractivity contribution in [3.8, 4) is 6.07 Å². The Balaban J connectivity index is 2.56. The molecular weight excluding hydrogens is 274 g/mol. The van der Waals surface area contributed by atoms with Crippen molar-refractivity contribution >= 4 is 20.8 Å². The molecule has 20 heavy (non-hydrogen) atoms. The van der Waals surface area contributed by atoms with E-state index in [9.17, 15) is 8.42 Å². The van der Waals surface area contributed by atoms with Gasteiger partial charge in [0.05, 0.1) is 11.0 Å². The van der Waals surface area contributed by atoms with Gasteiger partial charge in [0.1, 0.15) is 5.54 Å². The first-order valence-electron chi connectivity index (χ1n) is 6.20. The van der Waals surface area contributed by atoms with E-state index in [0.717, 1.165) is 5.39 Å². The fourth-order valence-corrected chi connectivity index (χ4v) is 3.48. The monoisotopic (exact) mass is 289 g/mol. The molecule has 0 saturated heterocycles. The molecule has 6 heteroatoms. The third-order valence-electron chi connectivity index (χ3n) is 3.24. The molecule has 0 radical (unpaired) electrons. The number of sulfonamides is 1. The molecule has 104 valence electrons. The number of nitrogens with one attached hydrogen (secondary N) is 1. The summed E-state index contributed by atoms with van der Waals surface area (Å²) in [6.45, 7) is 3.33. The molecule has 0 bridgehead atoms. The lowest BCUT2D eigenvalue weighted by Crippen LogP contribution is -2.44. The van der Waals surface area contributed by atoms with Gasteiger partial charge in [-0.15, -0.1) is 0 Å². The zero-order valence-electron chi connectivity index (χ0n) is 11.3. The van der Waals surface area contributed by atoms with Crippen LogP contribution < -0.4 is 4.72 Å². The summed E-state index contributed by atoms with van der Waals surface area (Å²) in [5, 5.41) is 10.5. The second kappa shape index (κ2) is 5.19. The van der Waals surface area contributed by atoms with Gasteiger partial charge in [0, 0.05) is 23.2 Å². The second-order valence-electron chi connectivity index (χ2n) is 4.76. The van der Waals surface area contributed by atoms with Crippen LogP contribution in [0.5, 0.6) is 0 Å². The summed E-state index contributed by atoms with van der Waals surface area (Å²) >= 11 is 0. The van der Waals surface area contributed by atoms with Gasteiger partial charge in [0.25, 0.3) is 0 Å². The van der Waals surface area contributed by atoms with Crippen molar-refractivity contribution in [2.75, 3.05) is 0 Å². The minimum Gasteiger partial charge on any atom is -0.264 e. The van der Waals surface area contributed by atoms with Crippen LogP contribution in [0.2, 0.25) is 0 Å². The SMILES string of the molecule is CCC(C)(C#N)NS(=O)(=O)c1cccc2cnccc12. The van der Waals surface area contributed by atoms with Crippen molar-refractivity contribution in [1.82, 2.24) is 9.71 Å². The van der Waals surface area contributed by atoms with E-state index in [0.29, 0.717) is 11.8 Å². The van der Waals surface area contributed by atoms with Gasteiger partial charge in [-0.25, -0.2) is 8.42 Å².